The fourth-order valence-electron chi connectivity index (χ4n) is 4.47. The van der Waals surface area contributed by atoms with Crippen molar-refractivity contribution in [2.45, 2.75) is 45.3 Å². The minimum atomic E-state index is 0.0289. The summed E-state index contributed by atoms with van der Waals surface area (Å²) in [6, 6.07) is 9.59. The number of likely N-dealkylation sites (tertiary alicyclic amines) is 2. The molecule has 0 atom stereocenters. The molecule has 2 fully saturated rings. The zero-order valence-corrected chi connectivity index (χ0v) is 19.6. The summed E-state index contributed by atoms with van der Waals surface area (Å²) in [6.45, 7) is 6.29. The van der Waals surface area contributed by atoms with Crippen LogP contribution in [0.3, 0.4) is 0 Å². The van der Waals surface area contributed by atoms with Crippen LogP contribution in [0, 0.1) is 13.3 Å². The van der Waals surface area contributed by atoms with E-state index in [1.54, 1.807) is 7.11 Å². The van der Waals surface area contributed by atoms with E-state index in [1.807, 2.05) is 36.1 Å². The second kappa shape index (κ2) is 10.5. The topological polar surface area (TPSA) is 54.9 Å². The lowest BCUT2D eigenvalue weighted by atomic mass is 10.1. The number of piperidine rings is 2. The summed E-state index contributed by atoms with van der Waals surface area (Å²) in [6.07, 6.45) is 6.17. The van der Waals surface area contributed by atoms with Gasteiger partial charge in [0.1, 0.15) is 22.8 Å². The van der Waals surface area contributed by atoms with Gasteiger partial charge in [0.25, 0.3) is 5.91 Å². The number of carbonyl (C=O) groups excluding carboxylic acids is 1. The number of aryl methyl sites for hydroxylation is 1. The number of halogens is 1. The second-order valence-electron chi connectivity index (χ2n) is 8.55. The first-order valence-electron chi connectivity index (χ1n) is 11.3. The third-order valence-electron chi connectivity index (χ3n) is 6.12. The Morgan fingerprint density at radius 1 is 1.12 bits per heavy atom. The average molecular weight is 457 g/mol. The first-order chi connectivity index (χ1) is 15.5. The van der Waals surface area contributed by atoms with Crippen LogP contribution in [0.1, 0.15) is 47.3 Å². The minimum absolute atomic E-state index is 0.0289. The Morgan fingerprint density at radius 2 is 1.88 bits per heavy atom. The van der Waals surface area contributed by atoms with Gasteiger partial charge in [0.05, 0.1) is 12.7 Å². The number of amides is 1. The normalized spacial score (nSPS) is 17.9. The molecule has 0 saturated carbocycles. The van der Waals surface area contributed by atoms with Crippen LogP contribution < -0.4 is 9.47 Å². The van der Waals surface area contributed by atoms with Crippen LogP contribution in [0.15, 0.2) is 30.3 Å². The van der Waals surface area contributed by atoms with Crippen LogP contribution >= 0.6 is 11.6 Å². The first kappa shape index (κ1) is 22.9. The van der Waals surface area contributed by atoms with E-state index < -0.39 is 0 Å². The second-order valence-corrected chi connectivity index (χ2v) is 8.94. The maximum Gasteiger partial charge on any atom is 0.257 e. The van der Waals surface area contributed by atoms with E-state index in [0.717, 1.165) is 69.9 Å². The zero-order valence-electron chi connectivity index (χ0n) is 18.8. The van der Waals surface area contributed by atoms with Gasteiger partial charge in [-0.1, -0.05) is 11.6 Å². The maximum absolute atomic E-state index is 12.9. The number of nitrogens with zero attached hydrogens (tertiary/aromatic N) is 3. The largest absolute Gasteiger partial charge is 0.496 e. The lowest BCUT2D eigenvalue weighted by Crippen LogP contribution is -2.37. The summed E-state index contributed by atoms with van der Waals surface area (Å²) in [5, 5.41) is 0.549. The molecule has 1 amide bonds. The molecule has 6 nitrogen and oxygen atoms in total. The third kappa shape index (κ3) is 5.73. The minimum Gasteiger partial charge on any atom is -0.496 e. The molecule has 7 heteroatoms. The molecule has 0 unspecified atom stereocenters. The van der Waals surface area contributed by atoms with Gasteiger partial charge < -0.3 is 14.4 Å². The summed E-state index contributed by atoms with van der Waals surface area (Å²) < 4.78 is 11.8. The van der Waals surface area contributed by atoms with Crippen LogP contribution in [0.5, 0.6) is 11.5 Å². The zero-order chi connectivity index (χ0) is 22.5. The SMILES string of the molecule is COc1cc(OC2CCN(Cc3cc(C)nc(Cl)c3)CC2)ccc1C(=O)N1CC[CH]CC1. The Labute approximate surface area is 195 Å². The molecular weight excluding hydrogens is 426 g/mol. The summed E-state index contributed by atoms with van der Waals surface area (Å²) in [5.41, 5.74) is 2.74. The Morgan fingerprint density at radius 3 is 2.56 bits per heavy atom. The Hall–Kier alpha value is -2.31. The van der Waals surface area contributed by atoms with Gasteiger partial charge >= 0.3 is 0 Å². The lowest BCUT2D eigenvalue weighted by molar-refractivity contribution is 0.0738. The van der Waals surface area contributed by atoms with Gasteiger partial charge in [0.15, 0.2) is 0 Å². The Kier molecular flexibility index (Phi) is 7.53. The van der Waals surface area contributed by atoms with Crippen LogP contribution in [0.25, 0.3) is 0 Å². The summed E-state index contributed by atoms with van der Waals surface area (Å²) >= 11 is 6.10. The van der Waals surface area contributed by atoms with E-state index in [0.29, 0.717) is 16.5 Å². The number of aromatic nitrogens is 1. The van der Waals surface area contributed by atoms with Gasteiger partial charge in [-0.25, -0.2) is 4.98 Å². The highest BCUT2D eigenvalue weighted by Gasteiger charge is 2.24. The fourth-order valence-corrected chi connectivity index (χ4v) is 4.74. The van der Waals surface area contributed by atoms with Crippen molar-refractivity contribution >= 4 is 17.5 Å². The van der Waals surface area contributed by atoms with E-state index in [-0.39, 0.29) is 12.0 Å². The fraction of sp³-hybridized carbons (Fsp3) is 0.480. The highest BCUT2D eigenvalue weighted by molar-refractivity contribution is 6.29. The summed E-state index contributed by atoms with van der Waals surface area (Å²) in [4.78, 5) is 21.4. The number of hydrogen-bond acceptors (Lipinski definition) is 5. The monoisotopic (exact) mass is 456 g/mol. The van der Waals surface area contributed by atoms with Crippen molar-refractivity contribution in [3.8, 4) is 11.5 Å². The number of rotatable bonds is 6. The van der Waals surface area contributed by atoms with Gasteiger partial charge in [-0.2, -0.15) is 0 Å². The van der Waals surface area contributed by atoms with Gasteiger partial charge in [-0.3, -0.25) is 9.69 Å². The predicted molar refractivity (Wildman–Crippen MR) is 125 cm³/mol. The van der Waals surface area contributed by atoms with Gasteiger partial charge in [0, 0.05) is 44.5 Å². The van der Waals surface area contributed by atoms with E-state index in [4.69, 9.17) is 21.1 Å². The molecule has 0 bridgehead atoms. The molecule has 1 radical (unpaired) electrons. The van der Waals surface area contributed by atoms with Crippen LogP contribution in [0.2, 0.25) is 5.15 Å². The molecule has 2 aliphatic heterocycles. The Bertz CT molecular complexity index is 918. The predicted octanol–water partition coefficient (Wildman–Crippen LogP) is 4.54. The number of pyridine rings is 1. The maximum atomic E-state index is 12.9. The molecule has 2 aliphatic rings. The molecule has 2 saturated heterocycles. The molecule has 4 rings (SSSR count). The summed E-state index contributed by atoms with van der Waals surface area (Å²) in [5.74, 6) is 1.35. The molecule has 0 N–H and O–H groups in total. The van der Waals surface area contributed by atoms with Crippen molar-refractivity contribution in [3.05, 3.63) is 58.7 Å². The van der Waals surface area contributed by atoms with E-state index in [9.17, 15) is 4.79 Å². The van der Waals surface area contributed by atoms with Gasteiger partial charge in [0.2, 0.25) is 0 Å². The van der Waals surface area contributed by atoms with Crippen molar-refractivity contribution in [2.24, 2.45) is 0 Å². The molecule has 1 aromatic carbocycles. The Balaban J connectivity index is 1.33. The molecule has 3 heterocycles. The molecule has 171 valence electrons. The van der Waals surface area contributed by atoms with E-state index in [1.165, 1.54) is 5.56 Å². The molecule has 0 aliphatic carbocycles. The van der Waals surface area contributed by atoms with Crippen molar-refractivity contribution in [2.75, 3.05) is 33.3 Å². The number of hydrogen-bond donors (Lipinski definition) is 0. The third-order valence-corrected chi connectivity index (χ3v) is 6.32. The molecular formula is C25H31ClN3O3. The van der Waals surface area contributed by atoms with Crippen LogP contribution in [-0.2, 0) is 6.54 Å². The van der Waals surface area contributed by atoms with Gasteiger partial charge in [-0.15, -0.1) is 0 Å². The summed E-state index contributed by atoms with van der Waals surface area (Å²) in [7, 11) is 1.60. The number of ether oxygens (including phenoxy) is 2. The number of methoxy groups -OCH3 is 1. The standard InChI is InChI=1S/C25H31ClN3O3/c1-18-14-19(15-24(26)27-18)17-28-12-8-20(9-13-28)32-21-6-7-22(23(16-21)31-2)25(30)29-10-4-3-5-11-29/h3,6-7,14-16,20H,4-5,8-13,17H2,1-2H3. The lowest BCUT2D eigenvalue weighted by Gasteiger charge is -2.32. The van der Waals surface area contributed by atoms with Crippen molar-refractivity contribution in [1.82, 2.24) is 14.8 Å². The molecule has 0 spiro atoms. The number of carbonyl (C=O) groups is 1. The van der Waals surface area contributed by atoms with Crippen LogP contribution in [0.4, 0.5) is 0 Å². The van der Waals surface area contributed by atoms with Gasteiger partial charge in [-0.05, 0) is 68.9 Å². The molecule has 1 aromatic heterocycles. The highest BCUT2D eigenvalue weighted by Crippen LogP contribution is 2.29. The highest BCUT2D eigenvalue weighted by atomic mass is 35.5. The van der Waals surface area contributed by atoms with Crippen molar-refractivity contribution in [3.63, 3.8) is 0 Å². The molecule has 2 aromatic rings. The quantitative estimate of drug-likeness (QED) is 0.597. The average Bonchev–Trinajstić information content (AvgIpc) is 2.80. The van der Waals surface area contributed by atoms with Crippen LogP contribution in [-0.4, -0.2) is 60.1 Å². The van der Waals surface area contributed by atoms with E-state index >= 15 is 0 Å². The van der Waals surface area contributed by atoms with E-state index in [2.05, 4.69) is 22.4 Å². The first-order valence-corrected chi connectivity index (χ1v) is 11.7. The molecule has 32 heavy (non-hydrogen) atoms. The van der Waals surface area contributed by atoms with Crippen molar-refractivity contribution < 1.29 is 14.3 Å². The number of benzene rings is 1. The smallest absolute Gasteiger partial charge is 0.257 e. The van der Waals surface area contributed by atoms with Crippen molar-refractivity contribution in [1.29, 1.82) is 0 Å².